The van der Waals surface area contributed by atoms with Gasteiger partial charge < -0.3 is 36.1 Å². The van der Waals surface area contributed by atoms with Crippen molar-refractivity contribution < 1.29 is 14.3 Å². The molecular weight excluding hydrogens is 1790 g/mol. The van der Waals surface area contributed by atoms with Crippen molar-refractivity contribution >= 4 is 128 Å². The number of fused-ring (bicyclic) bond motifs is 16. The van der Waals surface area contributed by atoms with Crippen LogP contribution >= 0.6 is 7.92 Å². The van der Waals surface area contributed by atoms with Crippen LogP contribution in [0.5, 0.6) is 5.75 Å². The highest BCUT2D eigenvalue weighted by Gasteiger charge is 2.27. The van der Waals surface area contributed by atoms with Gasteiger partial charge in [-0.2, -0.15) is 0 Å². The Kier molecular flexibility index (Phi) is 27.8. The van der Waals surface area contributed by atoms with Crippen molar-refractivity contribution in [2.45, 2.75) is 99.3 Å². The maximum Gasteiger partial charge on any atom is 0.267 e. The summed E-state index contributed by atoms with van der Waals surface area (Å²) in [6.07, 6.45) is 17.1. The van der Waals surface area contributed by atoms with Crippen LogP contribution in [0.3, 0.4) is 0 Å². The van der Waals surface area contributed by atoms with Crippen LogP contribution in [-0.2, 0) is 16.2 Å². The van der Waals surface area contributed by atoms with E-state index in [1.54, 1.807) is 12.1 Å². The Morgan fingerprint density at radius 3 is 0.655 bits per heavy atom. The molecule has 22 rings (SSSR count). The van der Waals surface area contributed by atoms with Crippen LogP contribution in [-0.4, -0.2) is 63.3 Å². The van der Waals surface area contributed by atoms with Crippen molar-refractivity contribution in [2.24, 2.45) is 16.9 Å². The third-order valence-electron chi connectivity index (χ3n) is 26.0. The summed E-state index contributed by atoms with van der Waals surface area (Å²) in [4.78, 5) is 62.8. The number of primary amides is 2. The number of nitrogens with two attached hydrogens (primary N) is 2. The monoisotopic (exact) mass is 1910 g/mol. The van der Waals surface area contributed by atoms with Gasteiger partial charge in [0.1, 0.15) is 17.1 Å². The number of nitrogens with one attached hydrogen (secondary N) is 4. The quantitative estimate of drug-likeness (QED) is 0.0541. The summed E-state index contributed by atoms with van der Waals surface area (Å²) in [7, 11) is -0.494. The number of aromatic nitrogens is 9. The lowest BCUT2D eigenvalue weighted by Gasteiger charge is -2.22. The van der Waals surface area contributed by atoms with E-state index in [2.05, 4.69) is 482 Å². The number of pyridine rings is 1. The van der Waals surface area contributed by atoms with Crippen LogP contribution in [0.15, 0.2) is 376 Å². The van der Waals surface area contributed by atoms with E-state index >= 15 is 0 Å². The molecule has 4 aliphatic heterocycles. The number of H-pyrrole nitrogens is 4. The molecule has 0 radical (unpaired) electrons. The molecule has 0 aliphatic carbocycles. The van der Waals surface area contributed by atoms with Crippen LogP contribution in [0.25, 0.3) is 182 Å². The molecular formula is C130H116N11O3P. The molecule has 0 spiro atoms. The van der Waals surface area contributed by atoms with E-state index in [4.69, 9.17) is 36.1 Å². The van der Waals surface area contributed by atoms with E-state index in [1.165, 1.54) is 27.0 Å². The number of amides is 2. The third kappa shape index (κ3) is 21.9. The van der Waals surface area contributed by atoms with Gasteiger partial charge in [-0.1, -0.05) is 386 Å². The predicted molar refractivity (Wildman–Crippen MR) is 609 cm³/mol. The number of carbonyl (C=O) groups excluding carboxylic acids is 2. The zero-order valence-corrected chi connectivity index (χ0v) is 84.6. The van der Waals surface area contributed by atoms with Gasteiger partial charge in [-0.15, -0.1) is 0 Å². The van der Waals surface area contributed by atoms with Crippen molar-refractivity contribution in [2.75, 3.05) is 6.61 Å². The highest BCUT2D eigenvalue weighted by molar-refractivity contribution is 7.79. The summed E-state index contributed by atoms with van der Waals surface area (Å²) >= 11 is 0. The molecule has 0 saturated heterocycles. The lowest BCUT2D eigenvalue weighted by Crippen LogP contribution is -2.22. The van der Waals surface area contributed by atoms with Gasteiger partial charge in [-0.25, -0.2) is 24.9 Å². The first-order chi connectivity index (χ1) is 70.0. The minimum Gasteiger partial charge on any atom is -0.493 e. The molecule has 14 nitrogen and oxygen atoms in total. The highest BCUT2D eigenvalue weighted by atomic mass is 31.1. The lowest BCUT2D eigenvalue weighted by atomic mass is 9.86. The molecule has 714 valence electrons. The van der Waals surface area contributed by atoms with E-state index in [1.807, 2.05) is 39.0 Å². The fraction of sp³-hybridized carbons (Fsp3) is 0.131. The van der Waals surface area contributed by atoms with Gasteiger partial charge in [-0.05, 0) is 228 Å². The Hall–Kier alpha value is -17.1. The topological polar surface area (TPSA) is 223 Å². The van der Waals surface area contributed by atoms with Gasteiger partial charge in [0.25, 0.3) is 11.8 Å². The molecule has 15 heteroatoms. The molecule has 7 aromatic heterocycles. The standard InChI is InChI=1S/C49H40N4O.C48H38N4.C22H23P.C11H15N3O2/c1-49(2,3)31-54-36-21-19-35(20-22-36)48-43-29-27-41(52-43)46(33-15-9-5-10-16-33)39-25-23-37(50-39)45(32-13-7-4-8-14-32)38-24-26-40(51-38)47(34-17-11-6-12-18-34)42-28-30-44(48)53-42;1-48(2,3)35-21-19-34(20-22-35)47-42-29-27-40(51-42)45(32-15-9-5-10-16-32)38-25-23-36(49-38)44(31-13-7-4-8-14-31)37-24-26-39(50-37)46(33-17-11-6-12-18-33)41-28-30-43(47)52-41;1-22(2,3)18-14-16-21(17-15-18)23(19-10-6-4-7-11-19)20-12-8-5-9-13-20;1-11(2,3)6-4-7(9(12)15)14-8(5-6)10(13)16/h4-30,50,53H,31H2,1-3H3;4-30,49,52H,1-3H3;4-17H,1-3H3;4-5H,1-3H3,(H2,12,15)(H2,13,16). The van der Waals surface area contributed by atoms with E-state index in [9.17, 15) is 9.59 Å². The molecule has 0 saturated carbocycles. The molecule has 16 bridgehead atoms. The predicted octanol–water partition coefficient (Wildman–Crippen LogP) is 30.7. The molecule has 0 fully saturated rings. The normalized spacial score (nSPS) is 12.1. The fourth-order valence-electron chi connectivity index (χ4n) is 18.6. The van der Waals surface area contributed by atoms with Gasteiger partial charge in [0.05, 0.1) is 52.2 Å². The Morgan fingerprint density at radius 2 is 0.441 bits per heavy atom. The third-order valence-corrected chi connectivity index (χ3v) is 28.4. The highest BCUT2D eigenvalue weighted by Crippen LogP contribution is 2.44. The Bertz CT molecular complexity index is 8170. The van der Waals surface area contributed by atoms with E-state index < -0.39 is 19.7 Å². The van der Waals surface area contributed by atoms with Crippen molar-refractivity contribution in [1.29, 1.82) is 0 Å². The Balaban J connectivity index is 0.000000135. The second-order valence-corrected chi connectivity index (χ2v) is 43.0. The number of benzene rings is 11. The first-order valence-corrected chi connectivity index (χ1v) is 50.5. The number of carbonyl (C=O) groups is 2. The number of hydrogen-bond acceptors (Lipinski definition) is 8. The molecule has 8 N–H and O–H groups in total. The van der Waals surface area contributed by atoms with Gasteiger partial charge >= 0.3 is 0 Å². The van der Waals surface area contributed by atoms with Crippen molar-refractivity contribution in [3.63, 3.8) is 0 Å². The van der Waals surface area contributed by atoms with Crippen LogP contribution in [0.1, 0.15) is 166 Å². The van der Waals surface area contributed by atoms with E-state index in [0.29, 0.717) is 6.61 Å². The fourth-order valence-corrected chi connectivity index (χ4v) is 20.8. The summed E-state index contributed by atoms with van der Waals surface area (Å²) in [5, 5.41) is 4.21. The summed E-state index contributed by atoms with van der Waals surface area (Å²) in [5.41, 5.74) is 46.0. The lowest BCUT2D eigenvalue weighted by molar-refractivity contribution is 0.0991. The second kappa shape index (κ2) is 41.6. The Morgan fingerprint density at radius 1 is 0.241 bits per heavy atom. The van der Waals surface area contributed by atoms with Crippen molar-refractivity contribution in [1.82, 2.24) is 44.9 Å². The summed E-state index contributed by atoms with van der Waals surface area (Å²) in [6, 6.07) is 132. The largest absolute Gasteiger partial charge is 0.493 e. The van der Waals surface area contributed by atoms with Crippen molar-refractivity contribution in [3.8, 4) is 94.8 Å². The molecule has 11 heterocycles. The first-order valence-electron chi connectivity index (χ1n) is 49.2. The average Bonchev–Trinajstić information content (AvgIpc) is 1.62. The van der Waals surface area contributed by atoms with E-state index in [0.717, 1.165) is 190 Å². The number of ether oxygens (including phenoxy) is 1. The SMILES string of the molecule is CC(C)(C)COc1ccc(-c2c3nc(c(-c4ccccc4)c4ccc([nH]4)c(-c4ccccc4)c4nc(c(-c5ccccc5)c5ccc2[nH]5)C=C4)C=C3)cc1.CC(C)(C)c1cc(C(N)=O)nc(C(N)=O)c1.CC(C)(C)c1ccc(-c2c3nc(c(-c4ccccc4)c4ccc([nH]4)c(-c4ccccc4)c4nc(c(-c5ccccc5)c5ccc2[nH]5)C=C4)C=C3)cc1.CC(C)(C)c1ccc(P(c2ccccc2)c2ccccc2)cc1. The maximum absolute atomic E-state index is 11.1. The van der Waals surface area contributed by atoms with E-state index in [-0.39, 0.29) is 33.0 Å². The number of hydrogen-bond donors (Lipinski definition) is 6. The average molecular weight is 1910 g/mol. The maximum atomic E-state index is 11.1. The smallest absolute Gasteiger partial charge is 0.267 e. The minimum absolute atomic E-state index is 0.0478. The van der Waals surface area contributed by atoms with Gasteiger partial charge in [0, 0.05) is 88.6 Å². The van der Waals surface area contributed by atoms with Crippen LogP contribution in [0.4, 0.5) is 0 Å². The summed E-state index contributed by atoms with van der Waals surface area (Å²) < 4.78 is 6.17. The molecule has 11 aromatic carbocycles. The summed E-state index contributed by atoms with van der Waals surface area (Å²) in [6.45, 7) is 26.6. The van der Waals surface area contributed by atoms with Crippen LogP contribution < -0.4 is 32.1 Å². The number of nitrogens with zero attached hydrogens (tertiary/aromatic N) is 5. The summed E-state index contributed by atoms with van der Waals surface area (Å²) in [5.74, 6) is -0.500. The minimum atomic E-state index is -0.673. The number of aromatic amines is 4. The van der Waals surface area contributed by atoms with Gasteiger partial charge in [-0.3, -0.25) is 9.59 Å². The molecule has 2 amide bonds. The molecule has 0 atom stereocenters. The Labute approximate surface area is 849 Å². The number of rotatable bonds is 15. The second-order valence-electron chi connectivity index (χ2n) is 40.8. The van der Waals surface area contributed by atoms with Gasteiger partial charge in [0.2, 0.25) is 0 Å². The molecule has 4 aliphatic rings. The van der Waals surface area contributed by atoms with Crippen LogP contribution in [0, 0.1) is 5.41 Å². The molecule has 18 aromatic rings. The zero-order valence-electron chi connectivity index (χ0n) is 83.7. The first kappa shape index (κ1) is 96.8. The van der Waals surface area contributed by atoms with Gasteiger partial charge in [0.15, 0.2) is 0 Å². The molecule has 0 unspecified atom stereocenters. The van der Waals surface area contributed by atoms with Crippen LogP contribution in [0.2, 0.25) is 0 Å². The molecule has 145 heavy (non-hydrogen) atoms. The zero-order chi connectivity index (χ0) is 101. The van der Waals surface area contributed by atoms with Crippen molar-refractivity contribution in [3.05, 3.63) is 450 Å².